The number of benzene rings is 1. The molecule has 0 unspecified atom stereocenters. The number of aromatic hydroxyl groups is 1. The number of aryl methyl sites for hydroxylation is 1. The van der Waals surface area contributed by atoms with Crippen LogP contribution < -0.4 is 0 Å². The number of hydrogen-bond donors (Lipinski definition) is 2. The Morgan fingerprint density at radius 1 is 1.14 bits per heavy atom. The summed E-state index contributed by atoms with van der Waals surface area (Å²) in [7, 11) is 0. The topological polar surface area (TPSA) is 57.5 Å². The van der Waals surface area contributed by atoms with Crippen molar-refractivity contribution in [3.8, 4) is 5.75 Å². The Morgan fingerprint density at radius 2 is 1.79 bits per heavy atom. The summed E-state index contributed by atoms with van der Waals surface area (Å²) in [5.74, 6) is -0.477. The summed E-state index contributed by atoms with van der Waals surface area (Å²) in [5, 5.41) is 17.4. The fourth-order valence-corrected chi connectivity index (χ4v) is 1.27. The molecule has 0 bridgehead atoms. The van der Waals surface area contributed by atoms with Gasteiger partial charge in [-0.2, -0.15) is 0 Å². The highest BCUT2D eigenvalue weighted by atomic mass is 16.4. The molecule has 0 aliphatic heterocycles. The molecule has 0 saturated carbocycles. The summed E-state index contributed by atoms with van der Waals surface area (Å²) in [6.07, 6.45) is 2.68. The first-order valence-electron chi connectivity index (χ1n) is 4.68. The van der Waals surface area contributed by atoms with E-state index in [0.717, 1.165) is 18.4 Å². The maximum Gasteiger partial charge on any atom is 0.303 e. The van der Waals surface area contributed by atoms with E-state index in [-0.39, 0.29) is 12.2 Å². The average molecular weight is 194 g/mol. The van der Waals surface area contributed by atoms with Crippen LogP contribution in [0.4, 0.5) is 0 Å². The van der Waals surface area contributed by atoms with Gasteiger partial charge in [-0.05, 0) is 37.0 Å². The number of carbonyl (C=O) groups is 1. The van der Waals surface area contributed by atoms with Gasteiger partial charge in [-0.3, -0.25) is 4.79 Å². The van der Waals surface area contributed by atoms with Crippen LogP contribution >= 0.6 is 0 Å². The summed E-state index contributed by atoms with van der Waals surface area (Å²) < 4.78 is 0. The lowest BCUT2D eigenvalue weighted by molar-refractivity contribution is -0.137. The molecular weight excluding hydrogens is 180 g/mol. The van der Waals surface area contributed by atoms with Gasteiger partial charge in [-0.15, -0.1) is 0 Å². The smallest absolute Gasteiger partial charge is 0.303 e. The van der Waals surface area contributed by atoms with Crippen molar-refractivity contribution in [1.29, 1.82) is 0 Å². The second-order valence-electron chi connectivity index (χ2n) is 3.27. The van der Waals surface area contributed by atoms with Gasteiger partial charge in [0.1, 0.15) is 5.75 Å². The predicted molar refractivity (Wildman–Crippen MR) is 53.3 cm³/mol. The minimum Gasteiger partial charge on any atom is -0.508 e. The summed E-state index contributed by atoms with van der Waals surface area (Å²) in [5.41, 5.74) is 1.13. The van der Waals surface area contributed by atoms with Gasteiger partial charge in [-0.1, -0.05) is 12.1 Å². The fraction of sp³-hybridized carbons (Fsp3) is 0.364. The maximum atomic E-state index is 10.2. The van der Waals surface area contributed by atoms with Crippen LogP contribution in [0.3, 0.4) is 0 Å². The van der Waals surface area contributed by atoms with Crippen molar-refractivity contribution in [3.63, 3.8) is 0 Å². The molecule has 76 valence electrons. The molecule has 1 aromatic carbocycles. The molecule has 0 fully saturated rings. The summed E-state index contributed by atoms with van der Waals surface area (Å²) in [6.45, 7) is 0. The molecule has 0 amide bonds. The van der Waals surface area contributed by atoms with E-state index >= 15 is 0 Å². The lowest BCUT2D eigenvalue weighted by Crippen LogP contribution is -1.94. The first-order chi connectivity index (χ1) is 6.68. The highest BCUT2D eigenvalue weighted by Gasteiger charge is 1.97. The largest absolute Gasteiger partial charge is 0.508 e. The third kappa shape index (κ3) is 3.94. The summed E-state index contributed by atoms with van der Waals surface area (Å²) >= 11 is 0. The number of phenols is 1. The van der Waals surface area contributed by atoms with E-state index in [4.69, 9.17) is 10.2 Å². The Bertz CT molecular complexity index is 290. The van der Waals surface area contributed by atoms with Crippen LogP contribution in [0.2, 0.25) is 0 Å². The van der Waals surface area contributed by atoms with Crippen molar-refractivity contribution in [3.05, 3.63) is 29.8 Å². The van der Waals surface area contributed by atoms with Crippen LogP contribution in [-0.4, -0.2) is 16.2 Å². The molecule has 0 spiro atoms. The van der Waals surface area contributed by atoms with E-state index < -0.39 is 5.97 Å². The first kappa shape index (κ1) is 10.6. The highest BCUT2D eigenvalue weighted by Crippen LogP contribution is 2.12. The average Bonchev–Trinajstić information content (AvgIpc) is 2.15. The van der Waals surface area contributed by atoms with Gasteiger partial charge in [0.05, 0.1) is 0 Å². The highest BCUT2D eigenvalue weighted by molar-refractivity contribution is 5.66. The van der Waals surface area contributed by atoms with Gasteiger partial charge in [0.15, 0.2) is 0 Å². The number of hydrogen-bond acceptors (Lipinski definition) is 2. The van der Waals surface area contributed by atoms with Crippen molar-refractivity contribution in [1.82, 2.24) is 0 Å². The number of phenolic OH excluding ortho intramolecular Hbond substituents is 1. The van der Waals surface area contributed by atoms with E-state index in [1.54, 1.807) is 12.1 Å². The van der Waals surface area contributed by atoms with Crippen LogP contribution in [0.15, 0.2) is 24.3 Å². The molecule has 14 heavy (non-hydrogen) atoms. The zero-order chi connectivity index (χ0) is 10.4. The van der Waals surface area contributed by atoms with Crippen molar-refractivity contribution in [2.45, 2.75) is 25.7 Å². The standard InChI is InChI=1S/C11H14O3/c12-10-7-5-9(6-8-10)3-1-2-4-11(13)14/h5-8,12H,1-4H2,(H,13,14). The molecule has 0 atom stereocenters. The molecule has 1 aromatic rings. The lowest BCUT2D eigenvalue weighted by Gasteiger charge is -2.00. The van der Waals surface area contributed by atoms with Crippen molar-refractivity contribution in [2.24, 2.45) is 0 Å². The van der Waals surface area contributed by atoms with Crippen LogP contribution in [-0.2, 0) is 11.2 Å². The van der Waals surface area contributed by atoms with E-state index in [0.29, 0.717) is 6.42 Å². The van der Waals surface area contributed by atoms with E-state index in [1.165, 1.54) is 0 Å². The molecule has 0 aromatic heterocycles. The van der Waals surface area contributed by atoms with Gasteiger partial charge < -0.3 is 10.2 Å². The molecule has 0 heterocycles. The van der Waals surface area contributed by atoms with Crippen LogP contribution in [0.25, 0.3) is 0 Å². The predicted octanol–water partition coefficient (Wildman–Crippen LogP) is 2.19. The molecular formula is C11H14O3. The van der Waals surface area contributed by atoms with Gasteiger partial charge >= 0.3 is 5.97 Å². The molecule has 0 radical (unpaired) electrons. The van der Waals surface area contributed by atoms with Gasteiger partial charge in [0.25, 0.3) is 0 Å². The Balaban J connectivity index is 2.25. The van der Waals surface area contributed by atoms with Crippen molar-refractivity contribution in [2.75, 3.05) is 0 Å². The number of rotatable bonds is 5. The Kier molecular flexibility index (Phi) is 3.98. The lowest BCUT2D eigenvalue weighted by atomic mass is 10.1. The van der Waals surface area contributed by atoms with Crippen LogP contribution in [0.5, 0.6) is 5.75 Å². The molecule has 0 aliphatic rings. The SMILES string of the molecule is O=C(O)CCCCc1ccc(O)cc1. The third-order valence-corrected chi connectivity index (χ3v) is 2.04. The quantitative estimate of drug-likeness (QED) is 0.706. The zero-order valence-electron chi connectivity index (χ0n) is 7.94. The minimum absolute atomic E-state index is 0.234. The number of carboxylic acid groups (broad SMARTS) is 1. The van der Waals surface area contributed by atoms with Crippen LogP contribution in [0, 0.1) is 0 Å². The Labute approximate surface area is 83.0 Å². The molecule has 0 aliphatic carbocycles. The second-order valence-corrected chi connectivity index (χ2v) is 3.27. The fourth-order valence-electron chi connectivity index (χ4n) is 1.27. The van der Waals surface area contributed by atoms with Crippen molar-refractivity contribution < 1.29 is 15.0 Å². The number of unbranched alkanes of at least 4 members (excludes halogenated alkanes) is 1. The zero-order valence-corrected chi connectivity index (χ0v) is 7.94. The summed E-state index contributed by atoms with van der Waals surface area (Å²) in [6, 6.07) is 7.01. The summed E-state index contributed by atoms with van der Waals surface area (Å²) in [4.78, 5) is 10.2. The number of aliphatic carboxylic acids is 1. The van der Waals surface area contributed by atoms with Crippen LogP contribution in [0.1, 0.15) is 24.8 Å². The Hall–Kier alpha value is -1.51. The second kappa shape index (κ2) is 5.27. The molecule has 3 heteroatoms. The van der Waals surface area contributed by atoms with E-state index in [9.17, 15) is 4.79 Å². The van der Waals surface area contributed by atoms with Gasteiger partial charge in [0, 0.05) is 6.42 Å². The van der Waals surface area contributed by atoms with Gasteiger partial charge in [-0.25, -0.2) is 0 Å². The molecule has 3 nitrogen and oxygen atoms in total. The van der Waals surface area contributed by atoms with Gasteiger partial charge in [0.2, 0.25) is 0 Å². The molecule has 0 saturated heterocycles. The monoisotopic (exact) mass is 194 g/mol. The van der Waals surface area contributed by atoms with Crippen molar-refractivity contribution >= 4 is 5.97 Å². The third-order valence-electron chi connectivity index (χ3n) is 2.04. The molecule has 1 rings (SSSR count). The molecule has 2 N–H and O–H groups in total. The van der Waals surface area contributed by atoms with E-state index in [2.05, 4.69) is 0 Å². The number of carboxylic acids is 1. The maximum absolute atomic E-state index is 10.2. The Morgan fingerprint density at radius 3 is 2.36 bits per heavy atom. The minimum atomic E-state index is -0.740. The van der Waals surface area contributed by atoms with E-state index in [1.807, 2.05) is 12.1 Å². The first-order valence-corrected chi connectivity index (χ1v) is 4.68. The normalized spacial score (nSPS) is 10.0.